The molecule has 0 amide bonds. The molecule has 0 spiro atoms. The van der Waals surface area contributed by atoms with Gasteiger partial charge in [-0.15, -0.1) is 0 Å². The van der Waals surface area contributed by atoms with Gasteiger partial charge in [-0.3, -0.25) is 0 Å². The van der Waals surface area contributed by atoms with Crippen molar-refractivity contribution in [3.63, 3.8) is 0 Å². The van der Waals surface area contributed by atoms with Gasteiger partial charge in [0, 0.05) is 16.4 Å². The van der Waals surface area contributed by atoms with Crippen LogP contribution < -0.4 is 9.47 Å². The van der Waals surface area contributed by atoms with E-state index in [1.165, 1.54) is 48.4 Å². The molecule has 0 N–H and O–H groups in total. The number of unbranched alkanes of at least 4 members (excludes halogenated alkanes) is 5. The van der Waals surface area contributed by atoms with Crippen LogP contribution in [0.2, 0.25) is 0 Å². The fourth-order valence-corrected chi connectivity index (χ4v) is 3.68. The highest BCUT2D eigenvalue weighted by Gasteiger charge is 2.28. The average Bonchev–Trinajstić information content (AvgIpc) is 2.60. The molecule has 0 atom stereocenters. The maximum atomic E-state index is 6.13. The summed E-state index contributed by atoms with van der Waals surface area (Å²) in [5.74, 6) is 2.05. The second-order valence-electron chi connectivity index (χ2n) is 8.14. The first-order chi connectivity index (χ1) is 12.1. The summed E-state index contributed by atoms with van der Waals surface area (Å²) in [6.07, 6.45) is 8.80. The molecule has 0 unspecified atom stereocenters. The lowest BCUT2D eigenvalue weighted by Crippen LogP contribution is -2.28. The Morgan fingerprint density at radius 2 is 1.76 bits per heavy atom. The van der Waals surface area contributed by atoms with Gasteiger partial charge in [0.2, 0.25) is 0 Å². The van der Waals surface area contributed by atoms with Gasteiger partial charge in [-0.1, -0.05) is 65.0 Å². The van der Waals surface area contributed by atoms with Crippen molar-refractivity contribution in [2.24, 2.45) is 5.41 Å². The van der Waals surface area contributed by atoms with Crippen molar-refractivity contribution in [2.75, 3.05) is 13.2 Å². The first-order valence-electron chi connectivity index (χ1n) is 9.91. The largest absolute Gasteiger partial charge is 0.493 e. The van der Waals surface area contributed by atoms with Crippen LogP contribution in [-0.4, -0.2) is 13.2 Å². The van der Waals surface area contributed by atoms with Gasteiger partial charge < -0.3 is 9.47 Å². The van der Waals surface area contributed by atoms with E-state index in [1.807, 2.05) is 0 Å². The zero-order valence-electron chi connectivity index (χ0n) is 16.1. The molecular formula is C23H32O2. The molecule has 2 heteroatoms. The van der Waals surface area contributed by atoms with Gasteiger partial charge >= 0.3 is 0 Å². The molecule has 136 valence electrons. The van der Waals surface area contributed by atoms with Gasteiger partial charge in [-0.25, -0.2) is 0 Å². The number of rotatable bonds is 8. The van der Waals surface area contributed by atoms with Crippen LogP contribution in [0.25, 0.3) is 10.8 Å². The quantitative estimate of drug-likeness (QED) is 0.508. The van der Waals surface area contributed by atoms with E-state index in [2.05, 4.69) is 51.1 Å². The van der Waals surface area contributed by atoms with Crippen LogP contribution in [0, 0.1) is 5.41 Å². The zero-order chi connectivity index (χ0) is 17.7. The molecule has 0 radical (unpaired) electrons. The van der Waals surface area contributed by atoms with Crippen molar-refractivity contribution >= 4 is 10.8 Å². The van der Waals surface area contributed by atoms with Crippen LogP contribution in [-0.2, 0) is 6.42 Å². The Morgan fingerprint density at radius 1 is 0.960 bits per heavy atom. The molecule has 3 rings (SSSR count). The van der Waals surface area contributed by atoms with E-state index in [0.717, 1.165) is 37.6 Å². The number of hydrogen-bond donors (Lipinski definition) is 0. The van der Waals surface area contributed by atoms with Crippen LogP contribution in [0.15, 0.2) is 30.3 Å². The molecule has 2 aromatic rings. The third-order valence-electron chi connectivity index (χ3n) is 5.12. The summed E-state index contributed by atoms with van der Waals surface area (Å²) in [5, 5.41) is 2.50. The Hall–Kier alpha value is -1.70. The summed E-state index contributed by atoms with van der Waals surface area (Å²) in [4.78, 5) is 0. The molecule has 0 saturated heterocycles. The van der Waals surface area contributed by atoms with E-state index in [9.17, 15) is 0 Å². The average molecular weight is 341 g/mol. The van der Waals surface area contributed by atoms with Gasteiger partial charge in [0.15, 0.2) is 0 Å². The summed E-state index contributed by atoms with van der Waals surface area (Å²) in [6, 6.07) is 10.7. The van der Waals surface area contributed by atoms with Crippen molar-refractivity contribution in [1.29, 1.82) is 0 Å². The Kier molecular flexibility index (Phi) is 5.88. The third-order valence-corrected chi connectivity index (χ3v) is 5.12. The molecule has 1 aliphatic rings. The van der Waals surface area contributed by atoms with Crippen LogP contribution >= 0.6 is 0 Å². The Labute approximate surface area is 152 Å². The van der Waals surface area contributed by atoms with E-state index in [4.69, 9.17) is 9.47 Å². The van der Waals surface area contributed by atoms with Gasteiger partial charge in [0.25, 0.3) is 0 Å². The smallest absolute Gasteiger partial charge is 0.127 e. The highest BCUT2D eigenvalue weighted by atomic mass is 16.5. The lowest BCUT2D eigenvalue weighted by atomic mass is 9.82. The highest BCUT2D eigenvalue weighted by molar-refractivity contribution is 5.92. The molecule has 0 bridgehead atoms. The predicted octanol–water partition coefficient (Wildman–Crippen LogP) is 6.54. The van der Waals surface area contributed by atoms with Crippen LogP contribution in [0.3, 0.4) is 0 Å². The summed E-state index contributed by atoms with van der Waals surface area (Å²) in [6.45, 7) is 8.40. The van der Waals surface area contributed by atoms with Crippen LogP contribution in [0.4, 0.5) is 0 Å². The van der Waals surface area contributed by atoms with Gasteiger partial charge in [-0.2, -0.15) is 0 Å². The predicted molar refractivity (Wildman–Crippen MR) is 106 cm³/mol. The number of ether oxygens (including phenoxy) is 2. The normalized spacial score (nSPS) is 15.6. The molecule has 0 aliphatic carbocycles. The molecule has 25 heavy (non-hydrogen) atoms. The number of benzene rings is 2. The molecule has 1 aliphatic heterocycles. The summed E-state index contributed by atoms with van der Waals surface area (Å²) in [7, 11) is 0. The van der Waals surface area contributed by atoms with E-state index in [0.29, 0.717) is 0 Å². The molecule has 1 heterocycles. The third kappa shape index (κ3) is 4.48. The first kappa shape index (κ1) is 18.1. The van der Waals surface area contributed by atoms with E-state index in [1.54, 1.807) is 0 Å². The standard InChI is InChI=1S/C23H32O2/c1-4-5-6-7-8-9-15-24-21-12-10-11-18-19(21)13-14-22-20(18)16-23(2,3)17-25-22/h10-14H,4-9,15-17H2,1-3H3. The minimum atomic E-state index is 0.191. The number of fused-ring (bicyclic) bond motifs is 3. The molecular weight excluding hydrogens is 308 g/mol. The van der Waals surface area contributed by atoms with E-state index in [-0.39, 0.29) is 5.41 Å². The molecule has 2 nitrogen and oxygen atoms in total. The second-order valence-corrected chi connectivity index (χ2v) is 8.14. The Balaban J connectivity index is 1.68. The lowest BCUT2D eigenvalue weighted by molar-refractivity contribution is 0.156. The van der Waals surface area contributed by atoms with E-state index < -0.39 is 0 Å². The molecule has 0 saturated carbocycles. The minimum Gasteiger partial charge on any atom is -0.493 e. The van der Waals surface area contributed by atoms with Gasteiger partial charge in [0.1, 0.15) is 11.5 Å². The molecule has 0 aromatic heterocycles. The Bertz CT molecular complexity index is 703. The van der Waals surface area contributed by atoms with Gasteiger partial charge in [-0.05, 0) is 36.4 Å². The summed E-state index contributed by atoms with van der Waals surface area (Å²) >= 11 is 0. The zero-order valence-corrected chi connectivity index (χ0v) is 16.1. The van der Waals surface area contributed by atoms with Crippen molar-refractivity contribution in [2.45, 2.75) is 65.7 Å². The van der Waals surface area contributed by atoms with E-state index >= 15 is 0 Å². The highest BCUT2D eigenvalue weighted by Crippen LogP contribution is 2.40. The maximum absolute atomic E-state index is 6.13. The molecule has 0 fully saturated rings. The van der Waals surface area contributed by atoms with Crippen LogP contribution in [0.1, 0.15) is 64.9 Å². The fourth-order valence-electron chi connectivity index (χ4n) is 3.68. The fraction of sp³-hybridized carbons (Fsp3) is 0.565. The van der Waals surface area contributed by atoms with Crippen LogP contribution in [0.5, 0.6) is 11.5 Å². The van der Waals surface area contributed by atoms with Crippen molar-refractivity contribution in [1.82, 2.24) is 0 Å². The topological polar surface area (TPSA) is 18.5 Å². The number of hydrogen-bond acceptors (Lipinski definition) is 2. The van der Waals surface area contributed by atoms with Crippen molar-refractivity contribution in [3.05, 3.63) is 35.9 Å². The minimum absolute atomic E-state index is 0.191. The van der Waals surface area contributed by atoms with Crippen molar-refractivity contribution in [3.8, 4) is 11.5 Å². The van der Waals surface area contributed by atoms with Crippen molar-refractivity contribution < 1.29 is 9.47 Å². The lowest BCUT2D eigenvalue weighted by Gasteiger charge is -2.32. The summed E-state index contributed by atoms with van der Waals surface area (Å²) in [5.41, 5.74) is 1.52. The SMILES string of the molecule is CCCCCCCCOc1cccc2c3c(ccc12)OCC(C)(C)C3. The monoisotopic (exact) mass is 340 g/mol. The molecule has 2 aromatic carbocycles. The second kappa shape index (κ2) is 8.12. The Morgan fingerprint density at radius 3 is 2.60 bits per heavy atom. The maximum Gasteiger partial charge on any atom is 0.127 e. The van der Waals surface area contributed by atoms with Gasteiger partial charge in [0.05, 0.1) is 13.2 Å². The first-order valence-corrected chi connectivity index (χ1v) is 9.91. The summed E-state index contributed by atoms with van der Waals surface area (Å²) < 4.78 is 12.1.